The topological polar surface area (TPSA) is 95.3 Å². The van der Waals surface area contributed by atoms with Gasteiger partial charge in [0.25, 0.3) is 6.43 Å². The first-order chi connectivity index (χ1) is 15.4. The van der Waals surface area contributed by atoms with Crippen LogP contribution in [0.1, 0.15) is 42.0 Å². The zero-order chi connectivity index (χ0) is 22.8. The molecule has 1 aromatic heterocycles. The van der Waals surface area contributed by atoms with Crippen molar-refractivity contribution in [2.75, 3.05) is 27.9 Å². The molecule has 2 aromatic rings. The fourth-order valence-corrected chi connectivity index (χ4v) is 4.29. The molecule has 1 aliphatic carbocycles. The molecule has 3 atom stereocenters. The normalized spacial score (nSPS) is 22.0. The lowest BCUT2D eigenvalue weighted by atomic mass is 9.74. The summed E-state index contributed by atoms with van der Waals surface area (Å²) in [6.07, 6.45) is -1.22. The summed E-state index contributed by atoms with van der Waals surface area (Å²) in [6, 6.07) is 5.14. The Morgan fingerprint density at radius 2 is 1.84 bits per heavy atom. The molecular weight excluding hydrogens is 424 g/mol. The molecule has 8 nitrogen and oxygen atoms in total. The van der Waals surface area contributed by atoms with Crippen LogP contribution in [0.5, 0.6) is 23.4 Å². The van der Waals surface area contributed by atoms with E-state index < -0.39 is 19.1 Å². The fourth-order valence-electron chi connectivity index (χ4n) is 4.29. The third-order valence-corrected chi connectivity index (χ3v) is 5.75. The van der Waals surface area contributed by atoms with Crippen molar-refractivity contribution in [1.29, 1.82) is 0 Å². The van der Waals surface area contributed by atoms with Crippen LogP contribution in [0.3, 0.4) is 0 Å². The third-order valence-electron chi connectivity index (χ3n) is 5.75. The van der Waals surface area contributed by atoms with Crippen molar-refractivity contribution in [1.82, 2.24) is 9.97 Å². The van der Waals surface area contributed by atoms with E-state index in [0.29, 0.717) is 42.3 Å². The van der Waals surface area contributed by atoms with Crippen molar-refractivity contribution in [3.8, 4) is 23.4 Å². The second-order valence-electron chi connectivity index (χ2n) is 7.69. The van der Waals surface area contributed by atoms with Crippen LogP contribution >= 0.6 is 0 Å². The van der Waals surface area contributed by atoms with E-state index in [1.54, 1.807) is 18.2 Å². The highest BCUT2D eigenvalue weighted by Gasteiger charge is 2.38. The molecule has 0 bridgehead atoms. The molecule has 2 aliphatic rings. The summed E-state index contributed by atoms with van der Waals surface area (Å²) in [5.41, 5.74) is 2.67. The first-order valence-electron chi connectivity index (χ1n) is 10.3. The summed E-state index contributed by atoms with van der Waals surface area (Å²) in [4.78, 5) is 13.6. The summed E-state index contributed by atoms with van der Waals surface area (Å²) in [6.45, 7) is -0.743. The van der Waals surface area contributed by atoms with Crippen LogP contribution in [-0.2, 0) is 0 Å². The van der Waals surface area contributed by atoms with E-state index in [-0.39, 0.29) is 23.7 Å². The van der Waals surface area contributed by atoms with Crippen molar-refractivity contribution in [3.05, 3.63) is 35.0 Å². The summed E-state index contributed by atoms with van der Waals surface area (Å²) >= 11 is 0. The van der Waals surface area contributed by atoms with E-state index in [4.69, 9.17) is 23.9 Å². The van der Waals surface area contributed by atoms with Gasteiger partial charge < -0.3 is 24.1 Å². The SMILES string of the molecule is COc1cc(C2=NC3CCC(O)CC3c3cc(OCC(F)F)c(OC)cc32)nc(OC)n1. The molecule has 0 spiro atoms. The van der Waals surface area contributed by atoms with E-state index in [2.05, 4.69) is 9.97 Å². The van der Waals surface area contributed by atoms with Crippen LogP contribution in [0.4, 0.5) is 8.78 Å². The van der Waals surface area contributed by atoms with Gasteiger partial charge in [-0.25, -0.2) is 8.78 Å². The van der Waals surface area contributed by atoms with Crippen LogP contribution in [-0.4, -0.2) is 67.3 Å². The van der Waals surface area contributed by atoms with Crippen molar-refractivity contribution in [3.63, 3.8) is 0 Å². The third kappa shape index (κ3) is 4.32. The number of hydrogen-bond acceptors (Lipinski definition) is 8. The van der Waals surface area contributed by atoms with Gasteiger partial charge in [0.1, 0.15) is 6.61 Å². The standard InChI is InChI=1S/C22H25F2N3O5/c1-29-17-8-14-12(7-18(17)32-10-19(23)24)13-6-11(28)4-5-15(13)25-21(14)16-9-20(30-2)27-22(26-16)31-3/h7-9,11,13,15,19,28H,4-6,10H2,1-3H3. The van der Waals surface area contributed by atoms with Gasteiger partial charge in [0, 0.05) is 17.5 Å². The maximum atomic E-state index is 12.8. The Kier molecular flexibility index (Phi) is 6.40. The maximum Gasteiger partial charge on any atom is 0.320 e. The van der Waals surface area contributed by atoms with Gasteiger partial charge in [-0.3, -0.25) is 4.99 Å². The Labute approximate surface area is 184 Å². The van der Waals surface area contributed by atoms with E-state index in [9.17, 15) is 13.9 Å². The maximum absolute atomic E-state index is 12.8. The highest BCUT2D eigenvalue weighted by Crippen LogP contribution is 2.45. The van der Waals surface area contributed by atoms with Gasteiger partial charge >= 0.3 is 6.01 Å². The number of halogens is 2. The number of benzene rings is 1. The molecule has 2 heterocycles. The Morgan fingerprint density at radius 1 is 1.03 bits per heavy atom. The van der Waals surface area contributed by atoms with Gasteiger partial charge in [-0.2, -0.15) is 9.97 Å². The second-order valence-corrected chi connectivity index (χ2v) is 7.69. The molecular formula is C22H25F2N3O5. The number of aliphatic hydroxyl groups is 1. The number of hydrogen-bond donors (Lipinski definition) is 1. The predicted molar refractivity (Wildman–Crippen MR) is 112 cm³/mol. The van der Waals surface area contributed by atoms with Crippen LogP contribution in [0.2, 0.25) is 0 Å². The van der Waals surface area contributed by atoms with Crippen LogP contribution < -0.4 is 18.9 Å². The molecule has 1 aliphatic heterocycles. The van der Waals surface area contributed by atoms with Gasteiger partial charge in [0.2, 0.25) is 5.88 Å². The average Bonchev–Trinajstić information content (AvgIpc) is 2.81. The number of aliphatic hydroxyl groups excluding tert-OH is 1. The first kappa shape index (κ1) is 22.2. The van der Waals surface area contributed by atoms with E-state index >= 15 is 0 Å². The van der Waals surface area contributed by atoms with Crippen molar-refractivity contribution < 1.29 is 32.8 Å². The Balaban J connectivity index is 1.87. The van der Waals surface area contributed by atoms with Gasteiger partial charge in [-0.05, 0) is 37.0 Å². The summed E-state index contributed by atoms with van der Waals surface area (Å²) < 4.78 is 46.8. The van der Waals surface area contributed by atoms with Crippen molar-refractivity contribution in [2.45, 2.75) is 43.8 Å². The van der Waals surface area contributed by atoms with Crippen molar-refractivity contribution >= 4 is 5.71 Å². The molecule has 0 amide bonds. The van der Waals surface area contributed by atoms with E-state index in [1.165, 1.54) is 21.3 Å². The average molecular weight is 449 g/mol. The van der Waals surface area contributed by atoms with Crippen LogP contribution in [0.15, 0.2) is 23.2 Å². The Bertz CT molecular complexity index is 995. The predicted octanol–water partition coefficient (Wildman–Crippen LogP) is 2.99. The number of rotatable bonds is 7. The molecule has 32 heavy (non-hydrogen) atoms. The van der Waals surface area contributed by atoms with Gasteiger partial charge in [0.15, 0.2) is 11.5 Å². The molecule has 1 saturated carbocycles. The second kappa shape index (κ2) is 9.23. The smallest absolute Gasteiger partial charge is 0.320 e. The van der Waals surface area contributed by atoms with Crippen molar-refractivity contribution in [2.24, 2.45) is 4.99 Å². The molecule has 3 unspecified atom stereocenters. The molecule has 1 aromatic carbocycles. The fraction of sp³-hybridized carbons (Fsp3) is 0.500. The Morgan fingerprint density at radius 3 is 2.53 bits per heavy atom. The molecule has 0 radical (unpaired) electrons. The number of nitrogens with zero attached hydrogens (tertiary/aromatic N) is 3. The molecule has 10 heteroatoms. The van der Waals surface area contributed by atoms with Crippen LogP contribution in [0.25, 0.3) is 0 Å². The quantitative estimate of drug-likeness (QED) is 0.694. The largest absolute Gasteiger partial charge is 0.493 e. The molecule has 172 valence electrons. The zero-order valence-electron chi connectivity index (χ0n) is 18.0. The van der Waals surface area contributed by atoms with Gasteiger partial charge in [-0.15, -0.1) is 0 Å². The van der Waals surface area contributed by atoms with E-state index in [0.717, 1.165) is 11.1 Å². The highest BCUT2D eigenvalue weighted by molar-refractivity contribution is 6.14. The summed E-state index contributed by atoms with van der Waals surface area (Å²) in [5, 5.41) is 10.3. The highest BCUT2D eigenvalue weighted by atomic mass is 19.3. The Hall–Kier alpha value is -3.01. The lowest BCUT2D eigenvalue weighted by Crippen LogP contribution is -2.34. The zero-order valence-corrected chi connectivity index (χ0v) is 18.0. The lowest BCUT2D eigenvalue weighted by molar-refractivity contribution is 0.0802. The van der Waals surface area contributed by atoms with E-state index in [1.807, 2.05) is 0 Å². The van der Waals surface area contributed by atoms with Crippen LogP contribution in [0, 0.1) is 0 Å². The number of aromatic nitrogens is 2. The molecule has 0 saturated heterocycles. The number of aliphatic imine (C=N–C) groups is 1. The lowest BCUT2D eigenvalue weighted by Gasteiger charge is -2.37. The molecule has 1 fully saturated rings. The minimum Gasteiger partial charge on any atom is -0.493 e. The monoisotopic (exact) mass is 449 g/mol. The first-order valence-corrected chi connectivity index (χ1v) is 10.3. The molecule has 1 N–H and O–H groups in total. The number of ether oxygens (including phenoxy) is 4. The number of methoxy groups -OCH3 is 3. The number of alkyl halides is 2. The summed E-state index contributed by atoms with van der Waals surface area (Å²) in [5.74, 6) is 0.772. The molecule has 4 rings (SSSR count). The minimum atomic E-state index is -2.61. The number of fused-ring (bicyclic) bond motifs is 3. The summed E-state index contributed by atoms with van der Waals surface area (Å²) in [7, 11) is 4.40. The van der Waals surface area contributed by atoms with Gasteiger partial charge in [-0.1, -0.05) is 0 Å². The minimum absolute atomic E-state index is 0.0806. The van der Waals surface area contributed by atoms with Gasteiger partial charge in [0.05, 0.1) is 44.9 Å².